The lowest BCUT2D eigenvalue weighted by Gasteiger charge is -2.40. The van der Waals surface area contributed by atoms with Gasteiger partial charge in [-0.15, -0.1) is 0 Å². The number of nitrogens with zero attached hydrogens (tertiary/aromatic N) is 1. The van der Waals surface area contributed by atoms with Crippen molar-refractivity contribution in [3.8, 4) is 5.75 Å². The Hall–Kier alpha value is -2.84. The molecule has 1 aromatic heterocycles. The number of rotatable bonds is 9. The zero-order chi connectivity index (χ0) is 29.9. The van der Waals surface area contributed by atoms with Gasteiger partial charge in [0.25, 0.3) is 0 Å². The van der Waals surface area contributed by atoms with Crippen LogP contribution in [0.5, 0.6) is 5.75 Å². The first-order valence-corrected chi connectivity index (χ1v) is 14.0. The van der Waals surface area contributed by atoms with Crippen molar-refractivity contribution in [2.45, 2.75) is 79.1 Å². The molecule has 1 aliphatic rings. The van der Waals surface area contributed by atoms with Crippen molar-refractivity contribution in [1.29, 1.82) is 0 Å². The number of carbonyl (C=O) groups is 3. The molecule has 1 amide bonds. The van der Waals surface area contributed by atoms with Crippen molar-refractivity contribution >= 4 is 41.0 Å². The van der Waals surface area contributed by atoms with Gasteiger partial charge < -0.3 is 19.5 Å². The van der Waals surface area contributed by atoms with Gasteiger partial charge in [0.15, 0.2) is 0 Å². The molecule has 1 fully saturated rings. The number of carbonyl (C=O) groups excluding carboxylic acids is 3. The lowest BCUT2D eigenvalue weighted by Crippen LogP contribution is -2.51. The first kappa shape index (κ1) is 31.7. The molecule has 0 radical (unpaired) electrons. The second-order valence-corrected chi connectivity index (χ2v) is 12.7. The van der Waals surface area contributed by atoms with Gasteiger partial charge in [0.2, 0.25) is 5.91 Å². The number of methoxy groups -OCH3 is 1. The number of halogens is 2. The standard InChI is InChI=1S/C30H38Cl2N2O6/c1-28(2,3)40-27(37)30(6)14-13-21(29(30,4)5)25(35)34-24(26(36)38-7)15-18-11-12-19(16-33-18)39-17-20-22(31)9-8-10-23(20)32/h8-12,16,21,24H,13-15,17H2,1-7H3,(H,34,35)/t21-,24-,30-/m0/s1. The fraction of sp³-hybridized carbons (Fsp3) is 0.533. The smallest absolute Gasteiger partial charge is 0.328 e. The summed E-state index contributed by atoms with van der Waals surface area (Å²) < 4.78 is 16.4. The highest BCUT2D eigenvalue weighted by molar-refractivity contribution is 6.35. The number of pyridine rings is 1. The van der Waals surface area contributed by atoms with E-state index < -0.39 is 34.4 Å². The van der Waals surface area contributed by atoms with Crippen molar-refractivity contribution in [3.63, 3.8) is 0 Å². The Morgan fingerprint density at radius 3 is 2.30 bits per heavy atom. The Morgan fingerprint density at radius 1 is 1.10 bits per heavy atom. The number of ether oxygens (including phenoxy) is 3. The van der Waals surface area contributed by atoms with Crippen LogP contribution in [0.15, 0.2) is 36.5 Å². The predicted octanol–water partition coefficient (Wildman–Crippen LogP) is 5.95. The highest BCUT2D eigenvalue weighted by Crippen LogP contribution is 2.57. The average molecular weight is 594 g/mol. The molecule has 8 nitrogen and oxygen atoms in total. The molecule has 40 heavy (non-hydrogen) atoms. The number of benzene rings is 1. The van der Waals surface area contributed by atoms with Crippen molar-refractivity contribution in [3.05, 3.63) is 57.8 Å². The number of aromatic nitrogens is 1. The molecule has 1 N–H and O–H groups in total. The first-order chi connectivity index (χ1) is 18.6. The molecular formula is C30H38Cl2N2O6. The summed E-state index contributed by atoms with van der Waals surface area (Å²) in [6, 6.07) is 7.70. The summed E-state index contributed by atoms with van der Waals surface area (Å²) >= 11 is 12.4. The molecule has 0 aliphatic heterocycles. The highest BCUT2D eigenvalue weighted by atomic mass is 35.5. The van der Waals surface area contributed by atoms with E-state index in [1.165, 1.54) is 13.3 Å². The maximum atomic E-state index is 13.5. The molecular weight excluding hydrogens is 555 g/mol. The van der Waals surface area contributed by atoms with Crippen LogP contribution in [0.1, 0.15) is 65.6 Å². The van der Waals surface area contributed by atoms with Crippen LogP contribution in [0.2, 0.25) is 10.0 Å². The van der Waals surface area contributed by atoms with Crippen molar-refractivity contribution in [2.24, 2.45) is 16.7 Å². The summed E-state index contributed by atoms with van der Waals surface area (Å²) in [7, 11) is 1.27. The number of amides is 1. The largest absolute Gasteiger partial charge is 0.487 e. The van der Waals surface area contributed by atoms with E-state index in [0.717, 1.165) is 0 Å². The predicted molar refractivity (Wildman–Crippen MR) is 153 cm³/mol. The van der Waals surface area contributed by atoms with E-state index in [1.54, 1.807) is 30.3 Å². The second kappa shape index (κ2) is 12.4. The zero-order valence-corrected chi connectivity index (χ0v) is 25.6. The molecule has 10 heteroatoms. The van der Waals surface area contributed by atoms with E-state index in [-0.39, 0.29) is 24.9 Å². The number of hydrogen-bond acceptors (Lipinski definition) is 7. The van der Waals surface area contributed by atoms with Crippen molar-refractivity contribution < 1.29 is 28.6 Å². The second-order valence-electron chi connectivity index (χ2n) is 11.9. The molecule has 0 spiro atoms. The van der Waals surface area contributed by atoms with E-state index in [9.17, 15) is 14.4 Å². The molecule has 0 unspecified atom stereocenters. The molecule has 0 bridgehead atoms. The van der Waals surface area contributed by atoms with Crippen LogP contribution < -0.4 is 10.1 Å². The zero-order valence-electron chi connectivity index (χ0n) is 24.1. The Kier molecular flexibility index (Phi) is 9.78. The normalized spacial score (nSPS) is 20.9. The van der Waals surface area contributed by atoms with Gasteiger partial charge in [0.1, 0.15) is 24.0 Å². The Balaban J connectivity index is 1.68. The third kappa shape index (κ3) is 7.07. The lowest BCUT2D eigenvalue weighted by molar-refractivity contribution is -0.173. The SMILES string of the molecule is COC(=O)[C@H](Cc1ccc(OCc2c(Cl)cccc2Cl)cn1)NC(=O)[C@@H]1CC[C@@](C)(C(=O)OC(C)(C)C)C1(C)C. The van der Waals surface area contributed by atoms with Gasteiger partial charge in [0, 0.05) is 33.6 Å². The van der Waals surface area contributed by atoms with Gasteiger partial charge in [-0.3, -0.25) is 14.6 Å². The third-order valence-corrected chi connectivity index (χ3v) is 8.56. The van der Waals surface area contributed by atoms with E-state index in [4.69, 9.17) is 37.4 Å². The monoisotopic (exact) mass is 592 g/mol. The number of esters is 2. The van der Waals surface area contributed by atoms with Crippen molar-refractivity contribution in [1.82, 2.24) is 10.3 Å². The summed E-state index contributed by atoms with van der Waals surface area (Å²) in [5.74, 6) is -1.24. The van der Waals surface area contributed by atoms with E-state index in [1.807, 2.05) is 41.5 Å². The van der Waals surface area contributed by atoms with Crippen LogP contribution in [0.25, 0.3) is 0 Å². The molecule has 0 saturated heterocycles. The summed E-state index contributed by atoms with van der Waals surface area (Å²) in [6.45, 7) is 11.3. The van der Waals surface area contributed by atoms with Crippen LogP contribution in [-0.4, -0.2) is 41.6 Å². The van der Waals surface area contributed by atoms with Gasteiger partial charge in [-0.2, -0.15) is 0 Å². The minimum atomic E-state index is -0.956. The highest BCUT2D eigenvalue weighted by Gasteiger charge is 2.59. The minimum absolute atomic E-state index is 0.117. The number of nitrogens with one attached hydrogen (secondary N) is 1. The minimum Gasteiger partial charge on any atom is -0.487 e. The summed E-state index contributed by atoms with van der Waals surface area (Å²) in [5, 5.41) is 3.86. The van der Waals surface area contributed by atoms with Crippen molar-refractivity contribution in [2.75, 3.05) is 7.11 Å². The van der Waals surface area contributed by atoms with Gasteiger partial charge >= 0.3 is 11.9 Å². The Morgan fingerprint density at radius 2 is 1.75 bits per heavy atom. The molecule has 1 heterocycles. The molecule has 3 atom stereocenters. The quantitative estimate of drug-likeness (QED) is 0.359. The van der Waals surface area contributed by atoms with Crippen LogP contribution in [0.4, 0.5) is 0 Å². The maximum absolute atomic E-state index is 13.5. The van der Waals surface area contributed by atoms with Gasteiger partial charge in [-0.25, -0.2) is 4.79 Å². The molecule has 3 rings (SSSR count). The molecule has 218 valence electrons. The third-order valence-electron chi connectivity index (χ3n) is 7.85. The Labute approximate surface area is 246 Å². The fourth-order valence-electron chi connectivity index (χ4n) is 4.98. The van der Waals surface area contributed by atoms with Crippen LogP contribution in [0, 0.1) is 16.7 Å². The summed E-state index contributed by atoms with van der Waals surface area (Å²) in [4.78, 5) is 43.6. The van der Waals surface area contributed by atoms with Crippen LogP contribution in [0.3, 0.4) is 0 Å². The molecule has 2 aromatic rings. The average Bonchev–Trinajstić information content (AvgIpc) is 3.12. The van der Waals surface area contributed by atoms with Gasteiger partial charge in [0.05, 0.1) is 18.7 Å². The Bertz CT molecular complexity index is 1220. The molecule has 1 aromatic carbocycles. The molecule has 1 aliphatic carbocycles. The lowest BCUT2D eigenvalue weighted by atomic mass is 9.65. The van der Waals surface area contributed by atoms with E-state index >= 15 is 0 Å². The van der Waals surface area contributed by atoms with Gasteiger partial charge in [-0.05, 0) is 70.2 Å². The summed E-state index contributed by atoms with van der Waals surface area (Å²) in [6.07, 6.45) is 2.63. The van der Waals surface area contributed by atoms with E-state index in [2.05, 4.69) is 10.3 Å². The van der Waals surface area contributed by atoms with E-state index in [0.29, 0.717) is 39.9 Å². The summed E-state index contributed by atoms with van der Waals surface area (Å²) in [5.41, 5.74) is -0.970. The van der Waals surface area contributed by atoms with Crippen LogP contribution >= 0.6 is 23.2 Å². The fourth-order valence-corrected chi connectivity index (χ4v) is 5.48. The topological polar surface area (TPSA) is 104 Å². The van der Waals surface area contributed by atoms with Gasteiger partial charge in [-0.1, -0.05) is 43.1 Å². The molecule has 1 saturated carbocycles. The van der Waals surface area contributed by atoms with Crippen LogP contribution in [-0.2, 0) is 36.9 Å². The number of hydrogen-bond donors (Lipinski definition) is 1. The first-order valence-electron chi connectivity index (χ1n) is 13.2. The maximum Gasteiger partial charge on any atom is 0.328 e.